The number of nitrogens with zero attached hydrogens (tertiary/aromatic N) is 1. The Morgan fingerprint density at radius 2 is 2.07 bits per heavy atom. The number of rotatable bonds is 6. The quantitative estimate of drug-likeness (QED) is 0.681. The first kappa shape index (κ1) is 21.3. The Labute approximate surface area is 178 Å². The number of carbonyl (C=O) groups is 3. The third-order valence-corrected chi connectivity index (χ3v) is 5.91. The highest BCUT2D eigenvalue weighted by Gasteiger charge is 2.21. The molecule has 0 spiro atoms. The Hall–Kier alpha value is -2.42. The van der Waals surface area contributed by atoms with Gasteiger partial charge in [-0.15, -0.1) is 11.3 Å². The van der Waals surface area contributed by atoms with E-state index < -0.39 is 17.9 Å². The lowest BCUT2D eigenvalue weighted by Gasteiger charge is -2.27. The summed E-state index contributed by atoms with van der Waals surface area (Å²) in [5.41, 5.74) is 1.16. The van der Waals surface area contributed by atoms with E-state index in [-0.39, 0.29) is 12.5 Å². The molecule has 1 saturated heterocycles. The van der Waals surface area contributed by atoms with E-state index in [9.17, 15) is 14.4 Å². The number of thiophene rings is 1. The fraction of sp³-hybridized carbons (Fsp3) is 0.350. The number of hydrogen-bond acceptors (Lipinski definition) is 5. The maximum atomic E-state index is 12.2. The normalized spacial score (nSPS) is 15.1. The average Bonchev–Trinajstić information content (AvgIpc) is 3.15. The number of anilines is 2. The molecule has 2 N–H and O–H groups in total. The molecule has 1 unspecified atom stereocenters. The van der Waals surface area contributed by atoms with Crippen molar-refractivity contribution in [3.05, 3.63) is 45.6 Å². The summed E-state index contributed by atoms with van der Waals surface area (Å²) in [6, 6.07) is 10.5. The zero-order valence-electron chi connectivity index (χ0n) is 15.9. The number of ether oxygens (including phenoxy) is 1. The Morgan fingerprint density at radius 3 is 2.76 bits per heavy atom. The summed E-state index contributed by atoms with van der Waals surface area (Å²) in [6.07, 6.45) is 1.97. The fourth-order valence-electron chi connectivity index (χ4n) is 3.09. The molecule has 0 saturated carbocycles. The molecule has 1 aliphatic heterocycles. The molecule has 3 amide bonds. The predicted molar refractivity (Wildman–Crippen MR) is 113 cm³/mol. The van der Waals surface area contributed by atoms with Gasteiger partial charge in [0.25, 0.3) is 0 Å². The maximum absolute atomic E-state index is 12.2. The second-order valence-electron chi connectivity index (χ2n) is 6.58. The van der Waals surface area contributed by atoms with Crippen LogP contribution in [0.2, 0.25) is 4.34 Å². The zero-order chi connectivity index (χ0) is 20.8. The van der Waals surface area contributed by atoms with E-state index in [0.29, 0.717) is 28.7 Å². The minimum atomic E-state index is -0.786. The highest BCUT2D eigenvalue weighted by Crippen LogP contribution is 2.28. The van der Waals surface area contributed by atoms with Crippen molar-refractivity contribution in [2.75, 3.05) is 30.4 Å². The maximum Gasteiger partial charge on any atom is 0.313 e. The number of piperidine rings is 1. The SMILES string of the molecule is COC(CNC(=O)C(=O)Nc1cccc(N2CCCCC2=O)c1)c1ccc(Cl)s1. The topological polar surface area (TPSA) is 87.7 Å². The summed E-state index contributed by atoms with van der Waals surface area (Å²) in [5.74, 6) is -1.49. The summed E-state index contributed by atoms with van der Waals surface area (Å²) in [4.78, 5) is 39.1. The van der Waals surface area contributed by atoms with E-state index in [0.717, 1.165) is 17.7 Å². The lowest BCUT2D eigenvalue weighted by Crippen LogP contribution is -2.38. The van der Waals surface area contributed by atoms with E-state index in [4.69, 9.17) is 16.3 Å². The third-order valence-electron chi connectivity index (χ3n) is 4.59. The van der Waals surface area contributed by atoms with Gasteiger partial charge in [0, 0.05) is 42.9 Å². The number of hydrogen-bond donors (Lipinski definition) is 2. The van der Waals surface area contributed by atoms with Crippen LogP contribution in [0.1, 0.15) is 30.2 Å². The molecule has 1 aromatic heterocycles. The zero-order valence-corrected chi connectivity index (χ0v) is 17.5. The van der Waals surface area contributed by atoms with Crippen LogP contribution in [-0.4, -0.2) is 37.9 Å². The Kier molecular flexibility index (Phi) is 7.24. The molecular weight excluding hydrogens is 414 g/mol. The van der Waals surface area contributed by atoms with Crippen LogP contribution in [0, 0.1) is 0 Å². The number of nitrogens with one attached hydrogen (secondary N) is 2. The molecule has 1 atom stereocenters. The second-order valence-corrected chi connectivity index (χ2v) is 8.33. The van der Waals surface area contributed by atoms with Crippen molar-refractivity contribution in [3.8, 4) is 0 Å². The molecule has 9 heteroatoms. The van der Waals surface area contributed by atoms with Crippen molar-refractivity contribution in [1.29, 1.82) is 0 Å². The molecule has 154 valence electrons. The summed E-state index contributed by atoms with van der Waals surface area (Å²) in [7, 11) is 1.53. The highest BCUT2D eigenvalue weighted by atomic mass is 35.5. The molecular formula is C20H22ClN3O4S. The Balaban J connectivity index is 1.57. The molecule has 1 fully saturated rings. The van der Waals surface area contributed by atoms with Crippen molar-refractivity contribution in [3.63, 3.8) is 0 Å². The van der Waals surface area contributed by atoms with Gasteiger partial charge in [-0.25, -0.2) is 0 Å². The smallest absolute Gasteiger partial charge is 0.313 e. The van der Waals surface area contributed by atoms with Gasteiger partial charge in [-0.05, 0) is 43.2 Å². The third kappa shape index (κ3) is 5.56. The van der Waals surface area contributed by atoms with Gasteiger partial charge in [-0.2, -0.15) is 0 Å². The number of benzene rings is 1. The molecule has 3 rings (SSSR count). The molecule has 0 radical (unpaired) electrons. The van der Waals surface area contributed by atoms with Crippen LogP contribution in [0.15, 0.2) is 36.4 Å². The molecule has 1 aliphatic rings. The predicted octanol–water partition coefficient (Wildman–Crippen LogP) is 3.36. The molecule has 2 heterocycles. The van der Waals surface area contributed by atoms with Crippen molar-refractivity contribution in [2.24, 2.45) is 0 Å². The lowest BCUT2D eigenvalue weighted by atomic mass is 10.1. The molecule has 0 aliphatic carbocycles. The van der Waals surface area contributed by atoms with E-state index in [1.807, 2.05) is 12.1 Å². The van der Waals surface area contributed by atoms with Gasteiger partial charge in [0.2, 0.25) is 5.91 Å². The van der Waals surface area contributed by atoms with Crippen LogP contribution in [0.4, 0.5) is 11.4 Å². The summed E-state index contributed by atoms with van der Waals surface area (Å²) in [5, 5.41) is 5.14. The van der Waals surface area contributed by atoms with E-state index >= 15 is 0 Å². The summed E-state index contributed by atoms with van der Waals surface area (Å²) < 4.78 is 5.98. The van der Waals surface area contributed by atoms with E-state index in [1.165, 1.54) is 18.4 Å². The summed E-state index contributed by atoms with van der Waals surface area (Å²) in [6.45, 7) is 0.795. The lowest BCUT2D eigenvalue weighted by molar-refractivity contribution is -0.136. The van der Waals surface area contributed by atoms with E-state index in [2.05, 4.69) is 10.6 Å². The van der Waals surface area contributed by atoms with Gasteiger partial charge in [0.1, 0.15) is 6.10 Å². The van der Waals surface area contributed by atoms with Crippen LogP contribution in [0.5, 0.6) is 0 Å². The van der Waals surface area contributed by atoms with Crippen molar-refractivity contribution < 1.29 is 19.1 Å². The van der Waals surface area contributed by atoms with Crippen LogP contribution < -0.4 is 15.5 Å². The molecule has 29 heavy (non-hydrogen) atoms. The summed E-state index contributed by atoms with van der Waals surface area (Å²) >= 11 is 7.28. The van der Waals surface area contributed by atoms with Gasteiger partial charge in [-0.3, -0.25) is 14.4 Å². The largest absolute Gasteiger partial charge is 0.374 e. The van der Waals surface area contributed by atoms with Gasteiger partial charge >= 0.3 is 11.8 Å². The second kappa shape index (κ2) is 9.87. The monoisotopic (exact) mass is 435 g/mol. The first-order chi connectivity index (χ1) is 14.0. The Morgan fingerprint density at radius 1 is 1.24 bits per heavy atom. The van der Waals surface area contributed by atoms with Gasteiger partial charge < -0.3 is 20.3 Å². The highest BCUT2D eigenvalue weighted by molar-refractivity contribution is 7.16. The molecule has 1 aromatic carbocycles. The number of amides is 3. The van der Waals surface area contributed by atoms with Crippen LogP contribution in [0.3, 0.4) is 0 Å². The number of carbonyl (C=O) groups excluding carboxylic acids is 3. The van der Waals surface area contributed by atoms with Gasteiger partial charge in [-0.1, -0.05) is 17.7 Å². The Bertz CT molecular complexity index is 901. The first-order valence-corrected chi connectivity index (χ1v) is 10.4. The standard InChI is InChI=1S/C20H22ClN3O4S/c1-28-15(16-8-9-17(21)29-16)12-22-19(26)20(27)23-13-5-4-6-14(11-13)24-10-3-2-7-18(24)25/h4-6,8-9,11,15H,2-3,7,10,12H2,1H3,(H,22,26)(H,23,27). The fourth-order valence-corrected chi connectivity index (χ4v) is 4.22. The van der Waals surface area contributed by atoms with Gasteiger partial charge in [0.05, 0.1) is 4.34 Å². The number of halogens is 1. The molecule has 7 nitrogen and oxygen atoms in total. The number of methoxy groups -OCH3 is 1. The average molecular weight is 436 g/mol. The van der Waals surface area contributed by atoms with Gasteiger partial charge in [0.15, 0.2) is 0 Å². The minimum absolute atomic E-state index is 0.0664. The van der Waals surface area contributed by atoms with Crippen molar-refractivity contribution in [1.82, 2.24) is 5.32 Å². The van der Waals surface area contributed by atoms with Crippen LogP contribution >= 0.6 is 22.9 Å². The van der Waals surface area contributed by atoms with Crippen LogP contribution in [0.25, 0.3) is 0 Å². The molecule has 2 aromatic rings. The van der Waals surface area contributed by atoms with Crippen molar-refractivity contribution >= 4 is 52.0 Å². The minimum Gasteiger partial charge on any atom is -0.374 e. The molecule has 0 bridgehead atoms. The van der Waals surface area contributed by atoms with Crippen LogP contribution in [-0.2, 0) is 19.1 Å². The van der Waals surface area contributed by atoms with E-state index in [1.54, 1.807) is 29.2 Å². The first-order valence-electron chi connectivity index (χ1n) is 9.25. The van der Waals surface area contributed by atoms with Crippen molar-refractivity contribution in [2.45, 2.75) is 25.4 Å².